The fraction of sp³-hybridized carbons (Fsp3) is 0.286. The zero-order valence-electron chi connectivity index (χ0n) is 10.8. The molecule has 1 N–H and O–H groups in total. The van der Waals surface area contributed by atoms with Gasteiger partial charge in [0.1, 0.15) is 12.4 Å². The van der Waals surface area contributed by atoms with Crippen LogP contribution in [0.1, 0.15) is 5.56 Å². The Balaban J connectivity index is 2.45. The maximum Gasteiger partial charge on any atom is 0.209 e. The predicted octanol–water partition coefficient (Wildman–Crippen LogP) is 1.35. The number of sulfonamides is 1. The summed E-state index contributed by atoms with van der Waals surface area (Å²) in [7, 11) is -3.18. The van der Waals surface area contributed by atoms with Gasteiger partial charge in [-0.1, -0.05) is 36.1 Å². The van der Waals surface area contributed by atoms with E-state index in [0.29, 0.717) is 0 Å². The Morgan fingerprint density at radius 3 is 2.79 bits per heavy atom. The van der Waals surface area contributed by atoms with Crippen LogP contribution in [0, 0.1) is 11.8 Å². The van der Waals surface area contributed by atoms with Gasteiger partial charge in [-0.25, -0.2) is 13.1 Å². The van der Waals surface area contributed by atoms with E-state index in [2.05, 4.69) is 23.1 Å². The quantitative estimate of drug-likeness (QED) is 0.631. The van der Waals surface area contributed by atoms with E-state index in [1.807, 2.05) is 30.3 Å². The topological polar surface area (TPSA) is 55.4 Å². The number of hydrogen-bond acceptors (Lipinski definition) is 3. The monoisotopic (exact) mass is 279 g/mol. The smallest absolute Gasteiger partial charge is 0.209 e. The summed E-state index contributed by atoms with van der Waals surface area (Å²) in [6, 6.07) is 7.67. The number of rotatable bonds is 6. The fourth-order valence-corrected chi connectivity index (χ4v) is 1.70. The van der Waals surface area contributed by atoms with E-state index in [-0.39, 0.29) is 13.2 Å². The molecule has 5 heteroatoms. The third-order valence-electron chi connectivity index (χ3n) is 2.18. The van der Waals surface area contributed by atoms with E-state index in [1.165, 1.54) is 0 Å². The molecule has 0 spiro atoms. The molecule has 0 heterocycles. The summed E-state index contributed by atoms with van der Waals surface area (Å²) in [5.74, 6) is 6.20. The van der Waals surface area contributed by atoms with Crippen molar-refractivity contribution in [2.24, 2.45) is 0 Å². The second kappa shape index (κ2) is 7.62. The Kier molecular flexibility index (Phi) is 6.13. The van der Waals surface area contributed by atoms with Gasteiger partial charge < -0.3 is 4.74 Å². The number of para-hydroxylation sites is 1. The average molecular weight is 279 g/mol. The molecule has 0 aromatic heterocycles. The van der Waals surface area contributed by atoms with Crippen LogP contribution in [0.2, 0.25) is 0 Å². The second-order valence-electron chi connectivity index (χ2n) is 3.84. The van der Waals surface area contributed by atoms with Crippen LogP contribution < -0.4 is 9.46 Å². The molecule has 0 aliphatic heterocycles. The molecule has 0 amide bonds. The Morgan fingerprint density at radius 2 is 2.11 bits per heavy atom. The molecule has 0 bridgehead atoms. The molecular weight excluding hydrogens is 262 g/mol. The summed E-state index contributed by atoms with van der Waals surface area (Å²) < 4.78 is 29.4. The van der Waals surface area contributed by atoms with Crippen LogP contribution in [-0.4, -0.2) is 27.8 Å². The van der Waals surface area contributed by atoms with Crippen molar-refractivity contribution in [2.45, 2.75) is 6.42 Å². The van der Waals surface area contributed by atoms with Crippen LogP contribution >= 0.6 is 0 Å². The molecule has 102 valence electrons. The van der Waals surface area contributed by atoms with E-state index in [4.69, 9.17) is 4.74 Å². The molecule has 0 saturated carbocycles. The average Bonchev–Trinajstić information content (AvgIpc) is 2.34. The molecule has 0 fully saturated rings. The maximum atomic E-state index is 10.8. The SMILES string of the molecule is C=CCc1ccccc1OCC#CCNS(C)(=O)=O. The molecule has 0 saturated heterocycles. The van der Waals surface area contributed by atoms with Crippen molar-refractivity contribution in [1.29, 1.82) is 0 Å². The zero-order chi connectivity index (χ0) is 14.1. The van der Waals surface area contributed by atoms with Gasteiger partial charge in [0.15, 0.2) is 0 Å². The summed E-state index contributed by atoms with van der Waals surface area (Å²) in [5, 5.41) is 0. The highest BCUT2D eigenvalue weighted by Gasteiger charge is 1.99. The first kappa shape index (κ1) is 15.3. The third kappa shape index (κ3) is 6.65. The van der Waals surface area contributed by atoms with E-state index in [1.54, 1.807) is 0 Å². The lowest BCUT2D eigenvalue weighted by Gasteiger charge is -2.07. The molecule has 19 heavy (non-hydrogen) atoms. The molecule has 0 atom stereocenters. The number of allylic oxidation sites excluding steroid dienone is 1. The Morgan fingerprint density at radius 1 is 1.37 bits per heavy atom. The number of nitrogens with one attached hydrogen (secondary N) is 1. The Hall–Kier alpha value is -1.77. The van der Waals surface area contributed by atoms with Gasteiger partial charge in [-0.3, -0.25) is 0 Å². The van der Waals surface area contributed by atoms with Gasteiger partial charge in [-0.15, -0.1) is 6.58 Å². The second-order valence-corrected chi connectivity index (χ2v) is 5.67. The van der Waals surface area contributed by atoms with Gasteiger partial charge >= 0.3 is 0 Å². The molecule has 1 aromatic carbocycles. The van der Waals surface area contributed by atoms with Gasteiger partial charge in [-0.2, -0.15) is 0 Å². The van der Waals surface area contributed by atoms with Crippen molar-refractivity contribution in [3.63, 3.8) is 0 Å². The van der Waals surface area contributed by atoms with E-state index < -0.39 is 10.0 Å². The van der Waals surface area contributed by atoms with Crippen molar-refractivity contribution >= 4 is 10.0 Å². The third-order valence-corrected chi connectivity index (χ3v) is 2.85. The zero-order valence-corrected chi connectivity index (χ0v) is 11.7. The standard InChI is InChI=1S/C14H17NO3S/c1-3-8-13-9-4-5-10-14(13)18-12-7-6-11-15-19(2,16)17/h3-5,9-10,15H,1,8,11-12H2,2H3. The maximum absolute atomic E-state index is 10.8. The Labute approximate surface area is 114 Å². The minimum absolute atomic E-state index is 0.0937. The molecule has 4 nitrogen and oxygen atoms in total. The molecule has 0 radical (unpaired) electrons. The largest absolute Gasteiger partial charge is 0.481 e. The van der Waals surface area contributed by atoms with Crippen molar-refractivity contribution in [1.82, 2.24) is 4.72 Å². The van der Waals surface area contributed by atoms with E-state index >= 15 is 0 Å². The van der Waals surface area contributed by atoms with Gasteiger partial charge in [0.05, 0.1) is 12.8 Å². The first-order valence-electron chi connectivity index (χ1n) is 5.75. The molecule has 1 rings (SSSR count). The first-order valence-corrected chi connectivity index (χ1v) is 7.64. The van der Waals surface area contributed by atoms with Crippen LogP contribution in [-0.2, 0) is 16.4 Å². The van der Waals surface area contributed by atoms with Crippen LogP contribution in [0.15, 0.2) is 36.9 Å². The van der Waals surface area contributed by atoms with Crippen molar-refractivity contribution in [2.75, 3.05) is 19.4 Å². The van der Waals surface area contributed by atoms with Crippen LogP contribution in [0.25, 0.3) is 0 Å². The summed E-state index contributed by atoms with van der Waals surface area (Å²) in [6.45, 7) is 4.01. The normalized spacial score (nSPS) is 10.4. The highest BCUT2D eigenvalue weighted by molar-refractivity contribution is 7.88. The molecular formula is C14H17NO3S. The number of benzene rings is 1. The van der Waals surface area contributed by atoms with Crippen molar-refractivity contribution in [3.8, 4) is 17.6 Å². The summed E-state index contributed by atoms with van der Waals surface area (Å²) in [5.41, 5.74) is 1.05. The lowest BCUT2D eigenvalue weighted by Crippen LogP contribution is -2.21. The molecule has 0 aliphatic rings. The lowest BCUT2D eigenvalue weighted by atomic mass is 10.1. The van der Waals surface area contributed by atoms with Crippen LogP contribution in [0.4, 0.5) is 0 Å². The summed E-state index contributed by atoms with van der Waals surface area (Å²) in [4.78, 5) is 0. The minimum Gasteiger partial charge on any atom is -0.481 e. The van der Waals surface area contributed by atoms with Gasteiger partial charge in [-0.05, 0) is 18.1 Å². The van der Waals surface area contributed by atoms with Crippen molar-refractivity contribution in [3.05, 3.63) is 42.5 Å². The minimum atomic E-state index is -3.18. The summed E-state index contributed by atoms with van der Waals surface area (Å²) in [6.07, 6.45) is 3.64. The predicted molar refractivity (Wildman–Crippen MR) is 76.5 cm³/mol. The van der Waals surface area contributed by atoms with Crippen molar-refractivity contribution < 1.29 is 13.2 Å². The van der Waals surface area contributed by atoms with Crippen LogP contribution in [0.5, 0.6) is 5.75 Å². The highest BCUT2D eigenvalue weighted by Crippen LogP contribution is 2.18. The molecule has 0 aliphatic carbocycles. The highest BCUT2D eigenvalue weighted by atomic mass is 32.2. The number of ether oxygens (including phenoxy) is 1. The van der Waals surface area contributed by atoms with Crippen LogP contribution in [0.3, 0.4) is 0 Å². The van der Waals surface area contributed by atoms with Gasteiger partial charge in [0.25, 0.3) is 0 Å². The fourth-order valence-electron chi connectivity index (χ4n) is 1.36. The summed E-state index contributed by atoms with van der Waals surface area (Å²) >= 11 is 0. The lowest BCUT2D eigenvalue weighted by molar-refractivity contribution is 0.366. The van der Waals surface area contributed by atoms with Gasteiger partial charge in [0.2, 0.25) is 10.0 Å². The first-order chi connectivity index (χ1) is 9.03. The Bertz CT molecular complexity index is 582. The number of hydrogen-bond donors (Lipinski definition) is 1. The molecule has 0 unspecified atom stereocenters. The van der Waals surface area contributed by atoms with Gasteiger partial charge in [0, 0.05) is 0 Å². The van der Waals surface area contributed by atoms with E-state index in [0.717, 1.165) is 24.0 Å². The van der Waals surface area contributed by atoms with E-state index in [9.17, 15) is 8.42 Å². The molecule has 1 aromatic rings.